The van der Waals surface area contributed by atoms with Gasteiger partial charge in [0.05, 0.1) is 18.8 Å². The van der Waals surface area contributed by atoms with Crippen molar-refractivity contribution in [1.29, 1.82) is 0 Å². The molecule has 2 aromatic heterocycles. The second-order valence-corrected chi connectivity index (χ2v) is 5.28. The Kier molecular flexibility index (Phi) is 3.64. The van der Waals surface area contributed by atoms with Crippen LogP contribution in [0.15, 0.2) is 29.0 Å². The van der Waals surface area contributed by atoms with Crippen molar-refractivity contribution >= 4 is 0 Å². The molecule has 0 radical (unpaired) electrons. The first-order valence-corrected chi connectivity index (χ1v) is 6.95. The SMILES string of the molecule is Cc1cc(CN2CCCCC2Cn2cccn2)on1. The molecule has 1 atom stereocenters. The van der Waals surface area contributed by atoms with Gasteiger partial charge in [0.15, 0.2) is 5.76 Å². The Labute approximate surface area is 113 Å². The molecular weight excluding hydrogens is 240 g/mol. The van der Waals surface area contributed by atoms with Gasteiger partial charge in [0.25, 0.3) is 0 Å². The summed E-state index contributed by atoms with van der Waals surface area (Å²) in [7, 11) is 0. The van der Waals surface area contributed by atoms with Crippen LogP contribution in [-0.4, -0.2) is 32.4 Å². The molecule has 0 amide bonds. The maximum absolute atomic E-state index is 5.34. The number of nitrogens with zero attached hydrogens (tertiary/aromatic N) is 4. The van der Waals surface area contributed by atoms with Gasteiger partial charge in [0.1, 0.15) is 0 Å². The van der Waals surface area contributed by atoms with Gasteiger partial charge < -0.3 is 4.52 Å². The summed E-state index contributed by atoms with van der Waals surface area (Å²) in [6, 6.07) is 4.55. The molecule has 0 spiro atoms. The molecule has 1 saturated heterocycles. The number of likely N-dealkylation sites (tertiary alicyclic amines) is 1. The summed E-state index contributed by atoms with van der Waals surface area (Å²) in [4.78, 5) is 2.49. The fourth-order valence-corrected chi connectivity index (χ4v) is 2.79. The highest BCUT2D eigenvalue weighted by atomic mass is 16.5. The number of piperidine rings is 1. The molecule has 0 aliphatic carbocycles. The maximum Gasteiger partial charge on any atom is 0.150 e. The fourth-order valence-electron chi connectivity index (χ4n) is 2.79. The maximum atomic E-state index is 5.34. The van der Waals surface area contributed by atoms with Gasteiger partial charge in [-0.25, -0.2) is 0 Å². The van der Waals surface area contributed by atoms with E-state index in [1.54, 1.807) is 0 Å². The standard InChI is InChI=1S/C14H20N4O/c1-12-9-14(19-16-12)11-17-7-3-2-5-13(17)10-18-8-4-6-15-18/h4,6,8-9,13H,2-3,5,7,10-11H2,1H3. The van der Waals surface area contributed by atoms with Gasteiger partial charge in [0, 0.05) is 24.5 Å². The number of hydrogen-bond donors (Lipinski definition) is 0. The molecule has 2 aromatic rings. The van der Waals surface area contributed by atoms with Crippen molar-refractivity contribution in [3.05, 3.63) is 36.0 Å². The van der Waals surface area contributed by atoms with Gasteiger partial charge in [-0.15, -0.1) is 0 Å². The molecule has 1 fully saturated rings. The molecule has 5 nitrogen and oxygen atoms in total. The van der Waals surface area contributed by atoms with Crippen LogP contribution < -0.4 is 0 Å². The second-order valence-electron chi connectivity index (χ2n) is 5.28. The van der Waals surface area contributed by atoms with E-state index < -0.39 is 0 Å². The predicted molar refractivity (Wildman–Crippen MR) is 71.5 cm³/mol. The van der Waals surface area contributed by atoms with Crippen molar-refractivity contribution in [1.82, 2.24) is 19.8 Å². The average molecular weight is 260 g/mol. The van der Waals surface area contributed by atoms with Crippen LogP contribution in [0.25, 0.3) is 0 Å². The molecule has 3 rings (SSSR count). The molecule has 19 heavy (non-hydrogen) atoms. The first-order valence-electron chi connectivity index (χ1n) is 6.95. The topological polar surface area (TPSA) is 47.1 Å². The van der Waals surface area contributed by atoms with Crippen LogP contribution in [0, 0.1) is 6.92 Å². The molecule has 3 heterocycles. The summed E-state index contributed by atoms with van der Waals surface area (Å²) in [5.41, 5.74) is 0.954. The third kappa shape index (κ3) is 3.04. The molecule has 0 N–H and O–H groups in total. The van der Waals surface area contributed by atoms with E-state index in [4.69, 9.17) is 4.52 Å². The monoisotopic (exact) mass is 260 g/mol. The largest absolute Gasteiger partial charge is 0.360 e. The van der Waals surface area contributed by atoms with Crippen LogP contribution in [0.3, 0.4) is 0 Å². The van der Waals surface area contributed by atoms with E-state index in [0.29, 0.717) is 6.04 Å². The average Bonchev–Trinajstić information content (AvgIpc) is 3.04. The fraction of sp³-hybridized carbons (Fsp3) is 0.571. The lowest BCUT2D eigenvalue weighted by Gasteiger charge is -2.34. The van der Waals surface area contributed by atoms with E-state index in [-0.39, 0.29) is 0 Å². The first kappa shape index (κ1) is 12.4. The van der Waals surface area contributed by atoms with Crippen LogP contribution in [0.1, 0.15) is 30.7 Å². The summed E-state index contributed by atoms with van der Waals surface area (Å²) >= 11 is 0. The van der Waals surface area contributed by atoms with E-state index in [0.717, 1.165) is 31.1 Å². The molecule has 0 aromatic carbocycles. The molecule has 1 aliphatic rings. The van der Waals surface area contributed by atoms with Crippen molar-refractivity contribution in [3.63, 3.8) is 0 Å². The molecule has 0 bridgehead atoms. The zero-order chi connectivity index (χ0) is 13.1. The van der Waals surface area contributed by atoms with Crippen LogP contribution >= 0.6 is 0 Å². The number of hydrogen-bond acceptors (Lipinski definition) is 4. The molecule has 0 saturated carbocycles. The Balaban J connectivity index is 1.66. The molecular formula is C14H20N4O. The van der Waals surface area contributed by atoms with Crippen LogP contribution in [0.4, 0.5) is 0 Å². The minimum absolute atomic E-state index is 0.541. The Morgan fingerprint density at radius 2 is 2.37 bits per heavy atom. The van der Waals surface area contributed by atoms with Gasteiger partial charge in [-0.3, -0.25) is 9.58 Å². The van der Waals surface area contributed by atoms with Gasteiger partial charge in [0.2, 0.25) is 0 Å². The van der Waals surface area contributed by atoms with Gasteiger partial charge >= 0.3 is 0 Å². The lowest BCUT2D eigenvalue weighted by Crippen LogP contribution is -2.41. The van der Waals surface area contributed by atoms with Gasteiger partial charge in [-0.1, -0.05) is 11.6 Å². The van der Waals surface area contributed by atoms with Crippen LogP contribution in [0.5, 0.6) is 0 Å². The van der Waals surface area contributed by atoms with Gasteiger partial charge in [-0.05, 0) is 32.4 Å². The molecule has 102 valence electrons. The summed E-state index contributed by atoms with van der Waals surface area (Å²) in [5, 5.41) is 8.27. The quantitative estimate of drug-likeness (QED) is 0.845. The Bertz CT molecular complexity index is 505. The van der Waals surface area contributed by atoms with Crippen molar-refractivity contribution in [2.45, 2.75) is 45.3 Å². The zero-order valence-corrected chi connectivity index (χ0v) is 11.3. The van der Waals surface area contributed by atoms with Gasteiger partial charge in [-0.2, -0.15) is 5.10 Å². The van der Waals surface area contributed by atoms with Crippen molar-refractivity contribution in [2.24, 2.45) is 0 Å². The van der Waals surface area contributed by atoms with Crippen LogP contribution in [-0.2, 0) is 13.1 Å². The smallest absolute Gasteiger partial charge is 0.150 e. The Morgan fingerprint density at radius 1 is 1.42 bits per heavy atom. The zero-order valence-electron chi connectivity index (χ0n) is 11.3. The summed E-state index contributed by atoms with van der Waals surface area (Å²) in [6.07, 6.45) is 7.67. The highest BCUT2D eigenvalue weighted by Gasteiger charge is 2.24. The van der Waals surface area contributed by atoms with E-state index in [2.05, 4.69) is 15.2 Å². The lowest BCUT2D eigenvalue weighted by atomic mass is 10.0. The molecule has 1 aliphatic heterocycles. The molecule has 1 unspecified atom stereocenters. The van der Waals surface area contributed by atoms with Crippen LogP contribution in [0.2, 0.25) is 0 Å². The summed E-state index contributed by atoms with van der Waals surface area (Å²) in [6.45, 7) is 4.91. The minimum atomic E-state index is 0.541. The summed E-state index contributed by atoms with van der Waals surface area (Å²) < 4.78 is 7.36. The van der Waals surface area contributed by atoms with Crippen molar-refractivity contribution in [2.75, 3.05) is 6.54 Å². The Morgan fingerprint density at radius 3 is 3.11 bits per heavy atom. The molecule has 5 heteroatoms. The van der Waals surface area contributed by atoms with E-state index >= 15 is 0 Å². The van der Waals surface area contributed by atoms with Crippen molar-refractivity contribution in [3.8, 4) is 0 Å². The predicted octanol–water partition coefficient (Wildman–Crippen LogP) is 2.23. The normalized spacial score (nSPS) is 20.8. The first-order chi connectivity index (χ1) is 9.31. The summed E-state index contributed by atoms with van der Waals surface area (Å²) in [5.74, 6) is 0.963. The third-order valence-corrected chi connectivity index (χ3v) is 3.74. The number of aryl methyl sites for hydroxylation is 1. The number of rotatable bonds is 4. The van der Waals surface area contributed by atoms with E-state index in [1.807, 2.05) is 36.1 Å². The highest BCUT2D eigenvalue weighted by Crippen LogP contribution is 2.21. The third-order valence-electron chi connectivity index (χ3n) is 3.74. The minimum Gasteiger partial charge on any atom is -0.360 e. The number of aromatic nitrogens is 3. The lowest BCUT2D eigenvalue weighted by molar-refractivity contribution is 0.110. The van der Waals surface area contributed by atoms with E-state index in [1.165, 1.54) is 19.3 Å². The second kappa shape index (κ2) is 5.57. The Hall–Kier alpha value is -1.62. The van der Waals surface area contributed by atoms with Crippen molar-refractivity contribution < 1.29 is 4.52 Å². The highest BCUT2D eigenvalue weighted by molar-refractivity contribution is 5.03. The van der Waals surface area contributed by atoms with E-state index in [9.17, 15) is 0 Å².